The fraction of sp³-hybridized carbons (Fsp3) is 0.704. The van der Waals surface area contributed by atoms with Gasteiger partial charge in [-0.25, -0.2) is 8.42 Å². The van der Waals surface area contributed by atoms with Crippen LogP contribution in [0.5, 0.6) is 5.75 Å². The first-order valence-corrected chi connectivity index (χ1v) is 13.9. The van der Waals surface area contributed by atoms with E-state index in [1.807, 2.05) is 20.8 Å². The van der Waals surface area contributed by atoms with Crippen molar-refractivity contribution in [2.75, 3.05) is 0 Å². The van der Waals surface area contributed by atoms with Gasteiger partial charge in [-0.3, -0.25) is 9.59 Å². The highest BCUT2D eigenvalue weighted by molar-refractivity contribution is 7.89. The van der Waals surface area contributed by atoms with E-state index in [9.17, 15) is 18.0 Å². The van der Waals surface area contributed by atoms with Gasteiger partial charge in [0.05, 0.1) is 4.90 Å². The van der Waals surface area contributed by atoms with E-state index in [2.05, 4.69) is 4.72 Å². The van der Waals surface area contributed by atoms with E-state index in [1.54, 1.807) is 55.4 Å². The molecule has 0 unspecified atom stereocenters. The third-order valence-electron chi connectivity index (χ3n) is 5.98. The number of benzene rings is 1. The molecule has 0 saturated heterocycles. The van der Waals surface area contributed by atoms with Gasteiger partial charge in [0.2, 0.25) is 10.0 Å². The third kappa shape index (κ3) is 7.68. The smallest absolute Gasteiger partial charge is 0.324 e. The summed E-state index contributed by atoms with van der Waals surface area (Å²) in [5, 5.41) is 0. The van der Waals surface area contributed by atoms with Gasteiger partial charge < -0.3 is 14.2 Å². The maximum absolute atomic E-state index is 13.7. The van der Waals surface area contributed by atoms with Crippen LogP contribution in [-0.4, -0.2) is 43.2 Å². The zero-order valence-corrected chi connectivity index (χ0v) is 24.5. The number of carbonyl (C=O) groups is 2. The molecule has 1 atom stereocenters. The second-order valence-corrected chi connectivity index (χ2v) is 13.9. The summed E-state index contributed by atoms with van der Waals surface area (Å²) in [6.45, 7) is 19.7. The second kappa shape index (κ2) is 10.3. The summed E-state index contributed by atoms with van der Waals surface area (Å²) >= 11 is 0. The highest BCUT2D eigenvalue weighted by Gasteiger charge is 2.36. The Kier molecular flexibility index (Phi) is 8.63. The molecule has 1 N–H and O–H groups in total. The zero-order chi connectivity index (χ0) is 27.9. The summed E-state index contributed by atoms with van der Waals surface area (Å²) < 4.78 is 47.0. The van der Waals surface area contributed by atoms with Gasteiger partial charge in [0.1, 0.15) is 28.6 Å². The number of rotatable bonds is 7. The maximum atomic E-state index is 13.7. The molecule has 2 rings (SSSR count). The molecule has 1 aromatic carbocycles. The molecule has 1 aromatic rings. The minimum absolute atomic E-state index is 0.0949. The minimum Gasteiger partial charge on any atom is -0.487 e. The molecule has 8 nitrogen and oxygen atoms in total. The lowest BCUT2D eigenvalue weighted by atomic mass is 9.88. The van der Waals surface area contributed by atoms with Gasteiger partial charge in [-0.15, -0.1) is 0 Å². The monoisotopic (exact) mass is 525 g/mol. The molecular formula is C27H43NO7S. The Balaban J connectivity index is 2.44. The van der Waals surface area contributed by atoms with Crippen LogP contribution in [0.3, 0.4) is 0 Å². The molecular weight excluding hydrogens is 482 g/mol. The summed E-state index contributed by atoms with van der Waals surface area (Å²) in [6, 6.07) is -1.26. The summed E-state index contributed by atoms with van der Waals surface area (Å²) in [4.78, 5) is 25.4. The van der Waals surface area contributed by atoms with Gasteiger partial charge in [0.25, 0.3) is 0 Å². The van der Waals surface area contributed by atoms with Crippen molar-refractivity contribution in [3.63, 3.8) is 0 Å². The van der Waals surface area contributed by atoms with E-state index in [-0.39, 0.29) is 23.3 Å². The van der Waals surface area contributed by atoms with E-state index in [1.165, 1.54) is 0 Å². The van der Waals surface area contributed by atoms with Crippen LogP contribution < -0.4 is 9.46 Å². The SMILES string of the molecule is Cc1c(C)c(S(=O)(=O)N[C@@H](CCC(=O)OC(C)(C)C)C(=O)OC(C)(C)C)c(C)c2c1OC(C)(C)CC2. The van der Waals surface area contributed by atoms with Crippen molar-refractivity contribution in [3.05, 3.63) is 22.3 Å². The zero-order valence-electron chi connectivity index (χ0n) is 23.7. The number of fused-ring (bicyclic) bond motifs is 1. The van der Waals surface area contributed by atoms with E-state index in [4.69, 9.17) is 14.2 Å². The first-order chi connectivity index (χ1) is 16.1. The molecule has 0 bridgehead atoms. The number of hydrogen-bond donors (Lipinski definition) is 1. The van der Waals surface area contributed by atoms with Crippen LogP contribution >= 0.6 is 0 Å². The summed E-state index contributed by atoms with van der Waals surface area (Å²) in [6.07, 6.45) is 1.20. The van der Waals surface area contributed by atoms with Gasteiger partial charge in [0.15, 0.2) is 0 Å². The standard InChI is InChI=1S/C27H43NO7S/c1-16-17(2)23(18(3)19-14-15-27(10,11)34-22(16)19)36(31,32)28-20(24(30)35-26(7,8)9)12-13-21(29)33-25(4,5)6/h20,28H,12-15H2,1-11H3/t20-/m0/s1. The maximum Gasteiger partial charge on any atom is 0.324 e. The molecule has 0 radical (unpaired) electrons. The lowest BCUT2D eigenvalue weighted by molar-refractivity contribution is -0.158. The Morgan fingerprint density at radius 3 is 2.06 bits per heavy atom. The van der Waals surface area contributed by atoms with Crippen molar-refractivity contribution in [2.24, 2.45) is 0 Å². The first-order valence-electron chi connectivity index (χ1n) is 12.4. The van der Waals surface area contributed by atoms with Crippen molar-refractivity contribution in [1.82, 2.24) is 4.72 Å². The van der Waals surface area contributed by atoms with Crippen LogP contribution in [0.2, 0.25) is 0 Å². The molecule has 0 spiro atoms. The predicted octanol–water partition coefficient (Wildman–Crippen LogP) is 4.83. The van der Waals surface area contributed by atoms with Crippen LogP contribution in [0, 0.1) is 20.8 Å². The largest absolute Gasteiger partial charge is 0.487 e. The van der Waals surface area contributed by atoms with Crippen molar-refractivity contribution < 1.29 is 32.2 Å². The number of carbonyl (C=O) groups excluding carboxylic acids is 2. The number of hydrogen-bond acceptors (Lipinski definition) is 7. The highest BCUT2D eigenvalue weighted by Crippen LogP contribution is 2.42. The molecule has 36 heavy (non-hydrogen) atoms. The van der Waals surface area contributed by atoms with Gasteiger partial charge >= 0.3 is 11.9 Å². The molecule has 204 valence electrons. The molecule has 0 amide bonds. The average Bonchev–Trinajstić information content (AvgIpc) is 2.65. The van der Waals surface area contributed by atoms with E-state index in [0.717, 1.165) is 23.3 Å². The van der Waals surface area contributed by atoms with Crippen LogP contribution in [0.25, 0.3) is 0 Å². The number of nitrogens with one attached hydrogen (secondary N) is 1. The lowest BCUT2D eigenvalue weighted by Crippen LogP contribution is -2.45. The highest BCUT2D eigenvalue weighted by atomic mass is 32.2. The van der Waals surface area contributed by atoms with Crippen LogP contribution in [0.15, 0.2) is 4.90 Å². The molecule has 0 saturated carbocycles. The quantitative estimate of drug-likeness (QED) is 0.508. The van der Waals surface area contributed by atoms with E-state index < -0.39 is 39.2 Å². The molecule has 1 aliphatic rings. The Labute approximate surface area is 216 Å². The molecule has 1 heterocycles. The Hall–Kier alpha value is -2.13. The topological polar surface area (TPSA) is 108 Å². The predicted molar refractivity (Wildman–Crippen MR) is 139 cm³/mol. The first kappa shape index (κ1) is 30.1. The van der Waals surface area contributed by atoms with Gasteiger partial charge in [-0.05, 0) is 118 Å². The van der Waals surface area contributed by atoms with Crippen molar-refractivity contribution in [1.29, 1.82) is 0 Å². The fourth-order valence-corrected chi connectivity index (χ4v) is 6.04. The molecule has 0 aromatic heterocycles. The molecule has 9 heteroatoms. The fourth-order valence-electron chi connectivity index (χ4n) is 4.25. The minimum atomic E-state index is -4.15. The summed E-state index contributed by atoms with van der Waals surface area (Å²) in [5.41, 5.74) is 0.928. The Morgan fingerprint density at radius 1 is 0.972 bits per heavy atom. The van der Waals surface area contributed by atoms with Crippen LogP contribution in [-0.2, 0) is 35.5 Å². The van der Waals surface area contributed by atoms with Crippen LogP contribution in [0.4, 0.5) is 0 Å². The number of esters is 2. The lowest BCUT2D eigenvalue weighted by Gasteiger charge is -2.35. The average molecular weight is 526 g/mol. The Morgan fingerprint density at radius 2 is 1.53 bits per heavy atom. The van der Waals surface area contributed by atoms with Gasteiger partial charge in [-0.2, -0.15) is 4.72 Å². The Bertz CT molecular complexity index is 1120. The van der Waals surface area contributed by atoms with Gasteiger partial charge in [0, 0.05) is 6.42 Å². The van der Waals surface area contributed by atoms with Crippen molar-refractivity contribution >= 4 is 22.0 Å². The second-order valence-electron chi connectivity index (χ2n) is 12.2. The normalized spacial score (nSPS) is 16.5. The van der Waals surface area contributed by atoms with E-state index >= 15 is 0 Å². The van der Waals surface area contributed by atoms with Crippen molar-refractivity contribution in [3.8, 4) is 5.75 Å². The number of sulfonamides is 1. The number of ether oxygens (including phenoxy) is 3. The summed E-state index contributed by atoms with van der Waals surface area (Å²) in [5.74, 6) is -0.537. The van der Waals surface area contributed by atoms with Crippen molar-refractivity contribution in [2.45, 2.75) is 130 Å². The van der Waals surface area contributed by atoms with E-state index in [0.29, 0.717) is 17.5 Å². The molecule has 0 fully saturated rings. The molecule has 1 aliphatic heterocycles. The van der Waals surface area contributed by atoms with Crippen LogP contribution in [0.1, 0.15) is 96.9 Å². The summed E-state index contributed by atoms with van der Waals surface area (Å²) in [7, 11) is -4.15. The van der Waals surface area contributed by atoms with Gasteiger partial charge in [-0.1, -0.05) is 0 Å². The molecule has 0 aliphatic carbocycles. The third-order valence-corrected chi connectivity index (χ3v) is 7.73.